The Bertz CT molecular complexity index is 580. The van der Waals surface area contributed by atoms with Gasteiger partial charge in [-0.25, -0.2) is 8.42 Å². The second kappa shape index (κ2) is 6.35. The van der Waals surface area contributed by atoms with Crippen LogP contribution in [0.25, 0.3) is 0 Å². The van der Waals surface area contributed by atoms with E-state index in [-0.39, 0.29) is 12.3 Å². The minimum atomic E-state index is -3.49. The quantitative estimate of drug-likeness (QED) is 0.862. The van der Waals surface area contributed by atoms with E-state index >= 15 is 0 Å². The summed E-state index contributed by atoms with van der Waals surface area (Å²) in [5.74, 6) is -0.136. The number of nitrogens with zero attached hydrogens (tertiary/aromatic N) is 2. The molecule has 0 saturated carbocycles. The Balaban J connectivity index is 2.89. The SMILES string of the molecule is CCN(CC(C)(C)O)S(=O)(=O)Cc1ccc(C#N)cc1. The maximum absolute atomic E-state index is 12.3. The first-order chi connectivity index (χ1) is 9.18. The van der Waals surface area contributed by atoms with E-state index in [4.69, 9.17) is 5.26 Å². The summed E-state index contributed by atoms with van der Waals surface area (Å²) in [7, 11) is -3.49. The van der Waals surface area contributed by atoms with Gasteiger partial charge in [-0.3, -0.25) is 0 Å². The molecule has 1 rings (SSSR count). The van der Waals surface area contributed by atoms with Crippen LogP contribution in [0.5, 0.6) is 0 Å². The van der Waals surface area contributed by atoms with Crippen molar-refractivity contribution in [3.05, 3.63) is 35.4 Å². The van der Waals surface area contributed by atoms with Crippen LogP contribution in [-0.2, 0) is 15.8 Å². The Hall–Kier alpha value is -1.42. The molecule has 0 radical (unpaired) electrons. The number of rotatable bonds is 6. The summed E-state index contributed by atoms with van der Waals surface area (Å²) in [6.07, 6.45) is 0. The summed E-state index contributed by atoms with van der Waals surface area (Å²) >= 11 is 0. The number of benzene rings is 1. The van der Waals surface area contributed by atoms with Crippen LogP contribution in [0.3, 0.4) is 0 Å². The monoisotopic (exact) mass is 296 g/mol. The third kappa shape index (κ3) is 4.93. The highest BCUT2D eigenvalue weighted by Gasteiger charge is 2.26. The van der Waals surface area contributed by atoms with Crippen molar-refractivity contribution in [1.29, 1.82) is 5.26 Å². The van der Waals surface area contributed by atoms with Crippen molar-refractivity contribution in [1.82, 2.24) is 4.31 Å². The Morgan fingerprint density at radius 1 is 1.30 bits per heavy atom. The van der Waals surface area contributed by atoms with Crippen LogP contribution in [0.2, 0.25) is 0 Å². The first kappa shape index (κ1) is 16.6. The zero-order valence-corrected chi connectivity index (χ0v) is 12.8. The molecular weight excluding hydrogens is 276 g/mol. The van der Waals surface area contributed by atoms with Gasteiger partial charge in [0.25, 0.3) is 0 Å². The maximum Gasteiger partial charge on any atom is 0.218 e. The third-order valence-electron chi connectivity index (χ3n) is 2.74. The van der Waals surface area contributed by atoms with Crippen molar-refractivity contribution in [2.75, 3.05) is 13.1 Å². The van der Waals surface area contributed by atoms with Gasteiger partial charge >= 0.3 is 0 Å². The second-order valence-corrected chi connectivity index (χ2v) is 7.27. The van der Waals surface area contributed by atoms with Gasteiger partial charge in [0.15, 0.2) is 0 Å². The fourth-order valence-corrected chi connectivity index (χ4v) is 3.52. The largest absolute Gasteiger partial charge is 0.389 e. The smallest absolute Gasteiger partial charge is 0.218 e. The van der Waals surface area contributed by atoms with Gasteiger partial charge in [-0.1, -0.05) is 19.1 Å². The molecule has 1 aromatic carbocycles. The van der Waals surface area contributed by atoms with Crippen LogP contribution in [-0.4, -0.2) is 36.5 Å². The molecule has 0 unspecified atom stereocenters. The third-order valence-corrected chi connectivity index (χ3v) is 4.61. The zero-order chi connectivity index (χ0) is 15.4. The summed E-state index contributed by atoms with van der Waals surface area (Å²) in [4.78, 5) is 0. The number of likely N-dealkylation sites (N-methyl/N-ethyl adjacent to an activating group) is 1. The number of sulfonamides is 1. The number of hydrogen-bond acceptors (Lipinski definition) is 4. The summed E-state index contributed by atoms with van der Waals surface area (Å²) in [6, 6.07) is 8.44. The summed E-state index contributed by atoms with van der Waals surface area (Å²) in [5, 5.41) is 18.5. The van der Waals surface area contributed by atoms with E-state index in [1.807, 2.05) is 6.07 Å². The number of aliphatic hydroxyl groups is 1. The van der Waals surface area contributed by atoms with Gasteiger partial charge in [-0.15, -0.1) is 0 Å². The predicted octanol–water partition coefficient (Wildman–Crippen LogP) is 1.48. The molecule has 0 spiro atoms. The van der Waals surface area contributed by atoms with Crippen molar-refractivity contribution in [2.24, 2.45) is 0 Å². The van der Waals surface area contributed by atoms with Crippen LogP contribution in [0.15, 0.2) is 24.3 Å². The van der Waals surface area contributed by atoms with Crippen LogP contribution in [0.1, 0.15) is 31.9 Å². The normalized spacial score (nSPS) is 12.4. The van der Waals surface area contributed by atoms with Gasteiger partial charge in [0.05, 0.1) is 23.0 Å². The highest BCUT2D eigenvalue weighted by molar-refractivity contribution is 7.88. The Morgan fingerprint density at radius 2 is 1.85 bits per heavy atom. The zero-order valence-electron chi connectivity index (χ0n) is 12.0. The van der Waals surface area contributed by atoms with Gasteiger partial charge in [0.2, 0.25) is 10.0 Å². The van der Waals surface area contributed by atoms with E-state index in [1.54, 1.807) is 45.0 Å². The molecule has 0 amide bonds. The van der Waals surface area contributed by atoms with Crippen LogP contribution < -0.4 is 0 Å². The summed E-state index contributed by atoms with van der Waals surface area (Å²) < 4.78 is 25.9. The molecule has 110 valence electrons. The molecule has 0 bridgehead atoms. The lowest BCUT2D eigenvalue weighted by molar-refractivity contribution is 0.0601. The molecule has 0 aliphatic rings. The second-order valence-electron chi connectivity index (χ2n) is 5.30. The molecule has 0 atom stereocenters. The minimum absolute atomic E-state index is 0.0577. The molecule has 6 heteroatoms. The molecule has 0 aromatic heterocycles. The van der Waals surface area contributed by atoms with E-state index < -0.39 is 15.6 Å². The average molecular weight is 296 g/mol. The van der Waals surface area contributed by atoms with Gasteiger partial charge in [-0.05, 0) is 31.5 Å². The highest BCUT2D eigenvalue weighted by atomic mass is 32.2. The summed E-state index contributed by atoms with van der Waals surface area (Å²) in [5.41, 5.74) is 0.0430. The van der Waals surface area contributed by atoms with Crippen LogP contribution in [0.4, 0.5) is 0 Å². The first-order valence-corrected chi connectivity index (χ1v) is 7.98. The predicted molar refractivity (Wildman–Crippen MR) is 77.3 cm³/mol. The van der Waals surface area contributed by atoms with Gasteiger partial charge < -0.3 is 5.11 Å². The molecule has 5 nitrogen and oxygen atoms in total. The number of nitriles is 1. The van der Waals surface area contributed by atoms with Crippen molar-refractivity contribution in [3.8, 4) is 6.07 Å². The molecule has 0 aliphatic heterocycles. The van der Waals surface area contributed by atoms with Gasteiger partial charge in [-0.2, -0.15) is 9.57 Å². The van der Waals surface area contributed by atoms with Crippen molar-refractivity contribution >= 4 is 10.0 Å². The number of hydrogen-bond donors (Lipinski definition) is 1. The van der Waals surface area contributed by atoms with Crippen molar-refractivity contribution < 1.29 is 13.5 Å². The van der Waals surface area contributed by atoms with Crippen molar-refractivity contribution in [2.45, 2.75) is 32.1 Å². The van der Waals surface area contributed by atoms with E-state index in [9.17, 15) is 13.5 Å². The van der Waals surface area contributed by atoms with E-state index in [0.29, 0.717) is 17.7 Å². The molecule has 0 heterocycles. The van der Waals surface area contributed by atoms with Crippen molar-refractivity contribution in [3.63, 3.8) is 0 Å². The van der Waals surface area contributed by atoms with E-state index in [0.717, 1.165) is 0 Å². The molecule has 0 saturated heterocycles. The standard InChI is InChI=1S/C14H20N2O3S/c1-4-16(11-14(2,3)17)20(18,19)10-13-7-5-12(9-15)6-8-13/h5-8,17H,4,10-11H2,1-3H3. The Morgan fingerprint density at radius 3 is 2.25 bits per heavy atom. The maximum atomic E-state index is 12.3. The Labute approximate surface area is 120 Å². The molecule has 20 heavy (non-hydrogen) atoms. The fraction of sp³-hybridized carbons (Fsp3) is 0.500. The lowest BCUT2D eigenvalue weighted by Crippen LogP contribution is -2.42. The Kier molecular flexibility index (Phi) is 5.28. The van der Waals surface area contributed by atoms with Crippen LogP contribution >= 0.6 is 0 Å². The lowest BCUT2D eigenvalue weighted by atomic mass is 10.1. The van der Waals surface area contributed by atoms with Gasteiger partial charge in [0.1, 0.15) is 0 Å². The molecule has 0 aliphatic carbocycles. The van der Waals surface area contributed by atoms with Gasteiger partial charge in [0, 0.05) is 13.1 Å². The van der Waals surface area contributed by atoms with E-state index in [1.165, 1.54) is 4.31 Å². The van der Waals surface area contributed by atoms with E-state index in [2.05, 4.69) is 0 Å². The lowest BCUT2D eigenvalue weighted by Gasteiger charge is -2.27. The average Bonchev–Trinajstić information content (AvgIpc) is 2.35. The first-order valence-electron chi connectivity index (χ1n) is 6.37. The fourth-order valence-electron chi connectivity index (χ4n) is 1.82. The minimum Gasteiger partial charge on any atom is -0.389 e. The molecule has 1 N–H and O–H groups in total. The highest BCUT2D eigenvalue weighted by Crippen LogP contribution is 2.15. The topological polar surface area (TPSA) is 81.4 Å². The molecular formula is C14H20N2O3S. The van der Waals surface area contributed by atoms with Crippen LogP contribution in [0, 0.1) is 11.3 Å². The molecule has 1 aromatic rings. The molecule has 0 fully saturated rings. The summed E-state index contributed by atoms with van der Waals surface area (Å²) in [6.45, 7) is 5.26.